The van der Waals surface area contributed by atoms with Crippen molar-refractivity contribution in [3.63, 3.8) is 0 Å². The van der Waals surface area contributed by atoms with Crippen LogP contribution in [-0.2, 0) is 12.8 Å². The normalized spacial score (nSPS) is 12.6. The van der Waals surface area contributed by atoms with Crippen LogP contribution in [0.15, 0.2) is 24.3 Å². The summed E-state index contributed by atoms with van der Waals surface area (Å²) >= 11 is 0. The number of rotatable bonds is 3. The largest absolute Gasteiger partial charge is 0.494 e. The molecule has 1 N–H and O–H groups in total. The molecule has 1 aromatic carbocycles. The van der Waals surface area contributed by atoms with Crippen molar-refractivity contribution >= 4 is 11.5 Å². The van der Waals surface area contributed by atoms with E-state index in [-0.39, 0.29) is 5.75 Å². The smallest absolute Gasteiger partial charge is 0.165 e. The lowest BCUT2D eigenvalue weighted by molar-refractivity contribution is 0.387. The second kappa shape index (κ2) is 5.41. The van der Waals surface area contributed by atoms with Crippen molar-refractivity contribution in [2.45, 2.75) is 19.3 Å². The van der Waals surface area contributed by atoms with Crippen LogP contribution in [0.2, 0.25) is 0 Å². The van der Waals surface area contributed by atoms with Gasteiger partial charge in [-0.2, -0.15) is 5.26 Å². The molecule has 1 aromatic heterocycles. The number of ether oxygens (including phenoxy) is 1. The first-order valence-corrected chi connectivity index (χ1v) is 6.74. The fourth-order valence-electron chi connectivity index (χ4n) is 2.53. The van der Waals surface area contributed by atoms with Crippen molar-refractivity contribution in [1.29, 1.82) is 5.26 Å². The molecule has 1 aliphatic carbocycles. The van der Waals surface area contributed by atoms with Crippen molar-refractivity contribution < 1.29 is 9.13 Å². The molecule has 0 radical (unpaired) electrons. The van der Waals surface area contributed by atoms with E-state index in [1.165, 1.54) is 13.2 Å². The molecule has 0 atom stereocenters. The number of hydrogen-bond donors (Lipinski definition) is 1. The summed E-state index contributed by atoms with van der Waals surface area (Å²) in [5.41, 5.74) is 3.31. The second-order valence-corrected chi connectivity index (χ2v) is 4.93. The Kier molecular flexibility index (Phi) is 3.44. The summed E-state index contributed by atoms with van der Waals surface area (Å²) in [6, 6.07) is 8.50. The number of aryl methyl sites for hydroxylation is 2. The van der Waals surface area contributed by atoms with E-state index in [1.807, 2.05) is 6.07 Å². The average Bonchev–Trinajstić information content (AvgIpc) is 2.95. The Morgan fingerprint density at radius 3 is 2.95 bits per heavy atom. The third kappa shape index (κ3) is 2.52. The average molecular weight is 283 g/mol. The van der Waals surface area contributed by atoms with Crippen LogP contribution in [0.4, 0.5) is 15.9 Å². The zero-order valence-electron chi connectivity index (χ0n) is 11.6. The van der Waals surface area contributed by atoms with Crippen LogP contribution < -0.4 is 10.1 Å². The van der Waals surface area contributed by atoms with Gasteiger partial charge in [-0.1, -0.05) is 0 Å². The molecule has 5 heteroatoms. The van der Waals surface area contributed by atoms with Crippen molar-refractivity contribution in [2.24, 2.45) is 0 Å². The van der Waals surface area contributed by atoms with Gasteiger partial charge in [0.05, 0.1) is 12.7 Å². The molecule has 21 heavy (non-hydrogen) atoms. The van der Waals surface area contributed by atoms with Crippen LogP contribution in [0, 0.1) is 17.1 Å². The van der Waals surface area contributed by atoms with Crippen LogP contribution in [0.25, 0.3) is 0 Å². The van der Waals surface area contributed by atoms with Crippen LogP contribution in [0.1, 0.15) is 23.2 Å². The molecule has 0 spiro atoms. The van der Waals surface area contributed by atoms with E-state index in [2.05, 4.69) is 16.4 Å². The van der Waals surface area contributed by atoms with Crippen molar-refractivity contribution in [2.75, 3.05) is 12.4 Å². The second-order valence-electron chi connectivity index (χ2n) is 4.93. The number of halogens is 1. The highest BCUT2D eigenvalue weighted by atomic mass is 19.1. The van der Waals surface area contributed by atoms with Crippen LogP contribution in [-0.4, -0.2) is 12.1 Å². The molecule has 1 heterocycles. The van der Waals surface area contributed by atoms with Gasteiger partial charge < -0.3 is 10.1 Å². The number of aromatic nitrogens is 1. The molecule has 2 aromatic rings. The van der Waals surface area contributed by atoms with Gasteiger partial charge in [-0.3, -0.25) is 0 Å². The lowest BCUT2D eigenvalue weighted by Crippen LogP contribution is -2.01. The predicted molar refractivity (Wildman–Crippen MR) is 77.2 cm³/mol. The highest BCUT2D eigenvalue weighted by Crippen LogP contribution is 2.28. The molecule has 4 nitrogen and oxygen atoms in total. The van der Waals surface area contributed by atoms with Gasteiger partial charge in [-0.15, -0.1) is 0 Å². The summed E-state index contributed by atoms with van der Waals surface area (Å²) in [7, 11) is 1.41. The summed E-state index contributed by atoms with van der Waals surface area (Å²) in [4.78, 5) is 4.53. The summed E-state index contributed by atoms with van der Waals surface area (Å²) in [6.07, 6.45) is 2.98. The summed E-state index contributed by atoms with van der Waals surface area (Å²) < 4.78 is 18.4. The van der Waals surface area contributed by atoms with Crippen molar-refractivity contribution in [3.05, 3.63) is 46.9 Å². The maximum Gasteiger partial charge on any atom is 0.165 e. The highest BCUT2D eigenvalue weighted by Gasteiger charge is 2.16. The number of fused-ring (bicyclic) bond motifs is 1. The Labute approximate surface area is 122 Å². The van der Waals surface area contributed by atoms with Gasteiger partial charge >= 0.3 is 0 Å². The lowest BCUT2D eigenvalue weighted by atomic mass is 10.1. The molecule has 0 amide bonds. The van der Waals surface area contributed by atoms with E-state index in [4.69, 9.17) is 4.74 Å². The monoisotopic (exact) mass is 283 g/mol. The van der Waals surface area contributed by atoms with E-state index >= 15 is 0 Å². The van der Waals surface area contributed by atoms with Crippen molar-refractivity contribution in [3.8, 4) is 11.8 Å². The minimum Gasteiger partial charge on any atom is -0.494 e. The number of nitrogens with zero attached hydrogens (tertiary/aromatic N) is 2. The maximum absolute atomic E-state index is 13.4. The zero-order chi connectivity index (χ0) is 14.8. The molecule has 0 unspecified atom stereocenters. The highest BCUT2D eigenvalue weighted by molar-refractivity contribution is 5.65. The van der Waals surface area contributed by atoms with E-state index in [0.29, 0.717) is 17.1 Å². The summed E-state index contributed by atoms with van der Waals surface area (Å²) in [5, 5.41) is 12.3. The first-order chi connectivity index (χ1) is 10.2. The fourth-order valence-corrected chi connectivity index (χ4v) is 2.53. The number of anilines is 2. The van der Waals surface area contributed by atoms with Gasteiger partial charge in [0, 0.05) is 17.4 Å². The summed E-state index contributed by atoms with van der Waals surface area (Å²) in [6.45, 7) is 0. The molecule has 0 fully saturated rings. The van der Waals surface area contributed by atoms with Gasteiger partial charge in [-0.05, 0) is 43.0 Å². The van der Waals surface area contributed by atoms with E-state index in [9.17, 15) is 9.65 Å². The zero-order valence-corrected chi connectivity index (χ0v) is 11.6. The van der Waals surface area contributed by atoms with Gasteiger partial charge in [0.15, 0.2) is 11.6 Å². The number of pyridine rings is 1. The Hall–Kier alpha value is -2.61. The SMILES string of the molecule is COc1cc(Nc2nc3c(cc2C#N)CCC3)ccc1F. The minimum absolute atomic E-state index is 0.152. The Bertz CT molecular complexity index is 737. The summed E-state index contributed by atoms with van der Waals surface area (Å²) in [5.74, 6) is 0.233. The van der Waals surface area contributed by atoms with Gasteiger partial charge in [-0.25, -0.2) is 9.37 Å². The Morgan fingerprint density at radius 1 is 1.33 bits per heavy atom. The molecule has 0 aliphatic heterocycles. The van der Waals surface area contributed by atoms with Crippen LogP contribution in [0.3, 0.4) is 0 Å². The molecular formula is C16H14FN3O. The minimum atomic E-state index is -0.425. The quantitative estimate of drug-likeness (QED) is 0.938. The van der Waals surface area contributed by atoms with E-state index < -0.39 is 5.82 Å². The number of nitrogens with one attached hydrogen (secondary N) is 1. The molecule has 3 rings (SSSR count). The Balaban J connectivity index is 1.96. The standard InChI is InChI=1S/C16H14FN3O/c1-21-15-8-12(5-6-13(15)17)19-16-11(9-18)7-10-3-2-4-14(10)20-16/h5-8H,2-4H2,1H3,(H,19,20). The Morgan fingerprint density at radius 2 is 2.19 bits per heavy atom. The van der Waals surface area contributed by atoms with E-state index in [1.54, 1.807) is 12.1 Å². The van der Waals surface area contributed by atoms with Gasteiger partial charge in [0.25, 0.3) is 0 Å². The van der Waals surface area contributed by atoms with Crippen LogP contribution >= 0.6 is 0 Å². The molecular weight excluding hydrogens is 269 g/mol. The number of nitriles is 1. The molecule has 0 saturated heterocycles. The first kappa shape index (κ1) is 13.4. The van der Waals surface area contributed by atoms with E-state index in [0.717, 1.165) is 30.5 Å². The molecule has 0 bridgehead atoms. The molecule has 0 saturated carbocycles. The topological polar surface area (TPSA) is 57.9 Å². The van der Waals surface area contributed by atoms with Gasteiger partial charge in [0.2, 0.25) is 0 Å². The fraction of sp³-hybridized carbons (Fsp3) is 0.250. The third-order valence-corrected chi connectivity index (χ3v) is 3.59. The number of hydrogen-bond acceptors (Lipinski definition) is 4. The lowest BCUT2D eigenvalue weighted by Gasteiger charge is -2.11. The maximum atomic E-state index is 13.4. The molecule has 106 valence electrons. The van der Waals surface area contributed by atoms with Crippen molar-refractivity contribution in [1.82, 2.24) is 4.98 Å². The third-order valence-electron chi connectivity index (χ3n) is 3.59. The van der Waals surface area contributed by atoms with Crippen LogP contribution in [0.5, 0.6) is 5.75 Å². The number of benzene rings is 1. The molecule has 1 aliphatic rings. The first-order valence-electron chi connectivity index (χ1n) is 6.74. The number of methoxy groups -OCH3 is 1. The predicted octanol–water partition coefficient (Wildman–Crippen LogP) is 3.33. The van der Waals surface area contributed by atoms with Gasteiger partial charge in [0.1, 0.15) is 11.9 Å².